The highest BCUT2D eigenvalue weighted by Crippen LogP contribution is 2.05. The average molecular weight is 259 g/mol. The van der Waals surface area contributed by atoms with Crippen molar-refractivity contribution < 1.29 is 14.0 Å². The highest BCUT2D eigenvalue weighted by molar-refractivity contribution is 5.93. The van der Waals surface area contributed by atoms with Crippen molar-refractivity contribution in [1.82, 2.24) is 5.48 Å². The molecule has 1 amide bonds. The van der Waals surface area contributed by atoms with Gasteiger partial charge in [-0.15, -0.1) is 0 Å². The fourth-order valence-corrected chi connectivity index (χ4v) is 1.74. The molecule has 0 aliphatic carbocycles. The lowest BCUT2D eigenvalue weighted by Gasteiger charge is -2.06. The van der Waals surface area contributed by atoms with Crippen LogP contribution in [0.4, 0.5) is 0 Å². The molecule has 4 nitrogen and oxygen atoms in total. The molecule has 19 heavy (non-hydrogen) atoms. The number of hydrogen-bond acceptors (Lipinski definition) is 3. The predicted molar refractivity (Wildman–Crippen MR) is 71.6 cm³/mol. The van der Waals surface area contributed by atoms with Crippen molar-refractivity contribution >= 4 is 5.91 Å². The first kappa shape index (κ1) is 13.4. The van der Waals surface area contributed by atoms with E-state index in [0.717, 1.165) is 24.2 Å². The van der Waals surface area contributed by atoms with E-state index in [-0.39, 0.29) is 5.91 Å². The topological polar surface area (TPSA) is 51.5 Å². The van der Waals surface area contributed by atoms with Crippen molar-refractivity contribution in [2.45, 2.75) is 19.8 Å². The standard InChI is InChI=1S/C15H17NO3/c1-12-5-2-6-13(11-12)15(17)16-19-10-4-8-14-7-3-9-18-14/h2-3,5-7,9,11H,4,8,10H2,1H3,(H,16,17). The van der Waals surface area contributed by atoms with Gasteiger partial charge in [0.1, 0.15) is 5.76 Å². The van der Waals surface area contributed by atoms with Gasteiger partial charge in [0.05, 0.1) is 12.9 Å². The van der Waals surface area contributed by atoms with E-state index >= 15 is 0 Å². The summed E-state index contributed by atoms with van der Waals surface area (Å²) in [5.41, 5.74) is 4.09. The average Bonchev–Trinajstić information content (AvgIpc) is 2.91. The van der Waals surface area contributed by atoms with Crippen molar-refractivity contribution in [3.63, 3.8) is 0 Å². The minimum Gasteiger partial charge on any atom is -0.469 e. The number of carbonyl (C=O) groups is 1. The van der Waals surface area contributed by atoms with Crippen LogP contribution in [0.5, 0.6) is 0 Å². The van der Waals surface area contributed by atoms with Gasteiger partial charge in [-0.3, -0.25) is 9.63 Å². The minimum atomic E-state index is -0.221. The molecule has 1 N–H and O–H groups in total. The third kappa shape index (κ3) is 4.26. The van der Waals surface area contributed by atoms with Gasteiger partial charge in [0.25, 0.3) is 5.91 Å². The Morgan fingerprint density at radius 3 is 2.95 bits per heavy atom. The number of benzene rings is 1. The van der Waals surface area contributed by atoms with E-state index in [0.29, 0.717) is 12.2 Å². The molecule has 0 unspecified atom stereocenters. The third-order valence-electron chi connectivity index (χ3n) is 2.69. The van der Waals surface area contributed by atoms with Crippen molar-refractivity contribution in [3.8, 4) is 0 Å². The monoisotopic (exact) mass is 259 g/mol. The number of carbonyl (C=O) groups excluding carboxylic acids is 1. The van der Waals surface area contributed by atoms with Crippen LogP contribution in [0.25, 0.3) is 0 Å². The van der Waals surface area contributed by atoms with Crippen LogP contribution >= 0.6 is 0 Å². The second-order valence-corrected chi connectivity index (χ2v) is 4.33. The van der Waals surface area contributed by atoms with E-state index in [1.807, 2.05) is 37.3 Å². The summed E-state index contributed by atoms with van der Waals surface area (Å²) in [7, 11) is 0. The zero-order valence-corrected chi connectivity index (χ0v) is 10.9. The molecule has 0 aliphatic rings. The molecule has 1 aromatic carbocycles. The number of nitrogens with one attached hydrogen (secondary N) is 1. The maximum Gasteiger partial charge on any atom is 0.274 e. The Bertz CT molecular complexity index is 520. The van der Waals surface area contributed by atoms with Crippen LogP contribution in [-0.2, 0) is 11.3 Å². The lowest BCUT2D eigenvalue weighted by Crippen LogP contribution is -2.24. The molecule has 100 valence electrons. The summed E-state index contributed by atoms with van der Waals surface area (Å²) in [5.74, 6) is 0.704. The zero-order chi connectivity index (χ0) is 13.5. The van der Waals surface area contributed by atoms with E-state index in [1.54, 1.807) is 12.3 Å². The lowest BCUT2D eigenvalue weighted by atomic mass is 10.1. The summed E-state index contributed by atoms with van der Waals surface area (Å²) < 4.78 is 5.20. The van der Waals surface area contributed by atoms with Crippen molar-refractivity contribution in [1.29, 1.82) is 0 Å². The SMILES string of the molecule is Cc1cccc(C(=O)NOCCCc2ccco2)c1. The quantitative estimate of drug-likeness (QED) is 0.641. The van der Waals surface area contributed by atoms with Gasteiger partial charge in [0, 0.05) is 12.0 Å². The molecule has 0 bridgehead atoms. The van der Waals surface area contributed by atoms with Crippen LogP contribution in [0, 0.1) is 6.92 Å². The Labute approximate surface area is 112 Å². The number of aryl methyl sites for hydroxylation is 2. The van der Waals surface area contributed by atoms with E-state index in [2.05, 4.69) is 5.48 Å². The zero-order valence-electron chi connectivity index (χ0n) is 10.9. The number of hydroxylamine groups is 1. The largest absolute Gasteiger partial charge is 0.469 e. The minimum absolute atomic E-state index is 0.221. The van der Waals surface area contributed by atoms with Gasteiger partial charge < -0.3 is 4.42 Å². The first-order chi connectivity index (χ1) is 9.25. The summed E-state index contributed by atoms with van der Waals surface area (Å²) in [6.07, 6.45) is 3.24. The maximum absolute atomic E-state index is 11.7. The van der Waals surface area contributed by atoms with Gasteiger partial charge in [0.15, 0.2) is 0 Å². The van der Waals surface area contributed by atoms with Crippen LogP contribution in [0.2, 0.25) is 0 Å². The Balaban J connectivity index is 1.67. The molecule has 0 spiro atoms. The molecule has 0 saturated heterocycles. The van der Waals surface area contributed by atoms with E-state index < -0.39 is 0 Å². The van der Waals surface area contributed by atoms with Gasteiger partial charge in [0.2, 0.25) is 0 Å². The molecule has 2 aromatic rings. The first-order valence-corrected chi connectivity index (χ1v) is 6.27. The number of amides is 1. The normalized spacial score (nSPS) is 10.4. The van der Waals surface area contributed by atoms with Crippen molar-refractivity contribution in [3.05, 3.63) is 59.5 Å². The Morgan fingerprint density at radius 2 is 2.21 bits per heavy atom. The third-order valence-corrected chi connectivity index (χ3v) is 2.69. The molecule has 0 atom stereocenters. The fraction of sp³-hybridized carbons (Fsp3) is 0.267. The van der Waals surface area contributed by atoms with E-state index in [4.69, 9.17) is 9.25 Å². The molecule has 2 rings (SSSR count). The van der Waals surface area contributed by atoms with Gasteiger partial charge >= 0.3 is 0 Å². The molecular weight excluding hydrogens is 242 g/mol. The van der Waals surface area contributed by atoms with Gasteiger partial charge in [-0.05, 0) is 37.6 Å². The molecule has 1 aromatic heterocycles. The summed E-state index contributed by atoms with van der Waals surface area (Å²) in [6.45, 7) is 2.40. The van der Waals surface area contributed by atoms with Crippen molar-refractivity contribution in [2.75, 3.05) is 6.61 Å². The van der Waals surface area contributed by atoms with Gasteiger partial charge in [-0.1, -0.05) is 17.7 Å². The van der Waals surface area contributed by atoms with Crippen LogP contribution in [-0.4, -0.2) is 12.5 Å². The number of hydrogen-bond donors (Lipinski definition) is 1. The summed E-state index contributed by atoms with van der Waals surface area (Å²) in [5, 5.41) is 0. The fourth-order valence-electron chi connectivity index (χ4n) is 1.74. The van der Waals surface area contributed by atoms with E-state index in [9.17, 15) is 4.79 Å². The van der Waals surface area contributed by atoms with Crippen LogP contribution < -0.4 is 5.48 Å². The Kier molecular flexibility index (Phi) is 4.75. The molecule has 4 heteroatoms. The summed E-state index contributed by atoms with van der Waals surface area (Å²) in [4.78, 5) is 16.9. The first-order valence-electron chi connectivity index (χ1n) is 6.27. The van der Waals surface area contributed by atoms with Gasteiger partial charge in [-0.25, -0.2) is 5.48 Å². The molecule has 0 saturated carbocycles. The molecule has 1 heterocycles. The van der Waals surface area contributed by atoms with Crippen molar-refractivity contribution in [2.24, 2.45) is 0 Å². The van der Waals surface area contributed by atoms with Gasteiger partial charge in [-0.2, -0.15) is 0 Å². The maximum atomic E-state index is 11.7. The predicted octanol–water partition coefficient (Wildman–Crippen LogP) is 2.88. The number of furan rings is 1. The smallest absolute Gasteiger partial charge is 0.274 e. The summed E-state index contributed by atoms with van der Waals surface area (Å²) >= 11 is 0. The number of rotatable bonds is 6. The van der Waals surface area contributed by atoms with E-state index in [1.165, 1.54) is 0 Å². The Hall–Kier alpha value is -2.07. The molecule has 0 fully saturated rings. The summed E-state index contributed by atoms with van der Waals surface area (Å²) in [6, 6.07) is 11.2. The highest BCUT2D eigenvalue weighted by Gasteiger charge is 2.04. The van der Waals surface area contributed by atoms with Crippen LogP contribution in [0.3, 0.4) is 0 Å². The van der Waals surface area contributed by atoms with Crippen LogP contribution in [0.15, 0.2) is 47.1 Å². The Morgan fingerprint density at radius 1 is 1.32 bits per heavy atom. The molecule has 0 aliphatic heterocycles. The van der Waals surface area contributed by atoms with Crippen LogP contribution in [0.1, 0.15) is 28.1 Å². The molecule has 0 radical (unpaired) electrons. The second kappa shape index (κ2) is 6.75. The lowest BCUT2D eigenvalue weighted by molar-refractivity contribution is 0.0301. The second-order valence-electron chi connectivity index (χ2n) is 4.33. The highest BCUT2D eigenvalue weighted by atomic mass is 16.6. The molecular formula is C15H17NO3.